The average molecular weight is 472 g/mol. The molecule has 0 atom stereocenters. The molecule has 1 nitrogen and oxygen atoms in total. The highest BCUT2D eigenvalue weighted by atomic mass is 79.9. The molecule has 0 bridgehead atoms. The van der Waals surface area contributed by atoms with E-state index in [1.165, 1.54) is 0 Å². The molecule has 0 aliphatic heterocycles. The molecule has 8 heteroatoms. The molecule has 0 heterocycles. The van der Waals surface area contributed by atoms with Gasteiger partial charge in [0.1, 0.15) is 9.83 Å². The van der Waals surface area contributed by atoms with Crippen molar-refractivity contribution in [2.45, 2.75) is 10.3 Å². The molecule has 0 aliphatic rings. The zero-order chi connectivity index (χ0) is 18.7. The molecule has 0 radical (unpaired) electrons. The van der Waals surface area contributed by atoms with Gasteiger partial charge in [-0.1, -0.05) is 39.7 Å². The van der Waals surface area contributed by atoms with Gasteiger partial charge in [0.15, 0.2) is 6.61 Å². The van der Waals surface area contributed by atoms with Crippen LogP contribution in [0.15, 0.2) is 46.9 Å². The predicted molar refractivity (Wildman–Crippen MR) is 105 cm³/mol. The number of rotatable bonds is 6. The maximum atomic E-state index is 12.3. The fraction of sp³-hybridized carbons (Fsp3) is 0.294. The maximum Gasteiger partial charge on any atom is 0.422 e. The third-order valence-electron chi connectivity index (χ3n) is 3.49. The first-order chi connectivity index (χ1) is 11.7. The minimum atomic E-state index is -4.36. The molecule has 0 amide bonds. The summed E-state index contributed by atoms with van der Waals surface area (Å²) < 4.78 is 42.0. The van der Waals surface area contributed by atoms with Crippen molar-refractivity contribution in [1.82, 2.24) is 0 Å². The Hall–Kier alpha value is -0.500. The summed E-state index contributed by atoms with van der Waals surface area (Å²) in [5.74, 6) is 0.178. The monoisotopic (exact) mass is 470 g/mol. The lowest BCUT2D eigenvalue weighted by Crippen LogP contribution is -2.20. The first-order valence-electron chi connectivity index (χ1n) is 7.08. The molecule has 0 saturated heterocycles. The van der Waals surface area contributed by atoms with Gasteiger partial charge in [0.25, 0.3) is 0 Å². The first-order valence-corrected chi connectivity index (χ1v) is 10.7. The topological polar surface area (TPSA) is 9.23 Å². The lowest BCUT2D eigenvalue weighted by molar-refractivity contribution is -0.153. The average Bonchev–Trinajstić information content (AvgIpc) is 2.58. The summed E-state index contributed by atoms with van der Waals surface area (Å²) in [5, 5.41) is 0.629. The SMILES string of the molecule is CSC(SC)(c1ccc(OCC(F)(F)F)cc1)c1cc(Br)ccc1Cl. The normalized spacial score (nSPS) is 12.3. The number of hydrogen-bond acceptors (Lipinski definition) is 3. The van der Waals surface area contributed by atoms with Crippen molar-refractivity contribution < 1.29 is 17.9 Å². The molecule has 2 rings (SSSR count). The van der Waals surface area contributed by atoms with E-state index in [4.69, 9.17) is 16.3 Å². The van der Waals surface area contributed by atoms with Crippen LogP contribution < -0.4 is 4.74 Å². The second-order valence-electron chi connectivity index (χ2n) is 5.08. The van der Waals surface area contributed by atoms with E-state index in [9.17, 15) is 13.2 Å². The Morgan fingerprint density at radius 3 is 2.16 bits per heavy atom. The van der Waals surface area contributed by atoms with Crippen LogP contribution in [0.5, 0.6) is 5.75 Å². The first kappa shape index (κ1) is 20.8. The van der Waals surface area contributed by atoms with Crippen LogP contribution in [0.4, 0.5) is 13.2 Å². The zero-order valence-corrected chi connectivity index (χ0v) is 17.3. The highest BCUT2D eigenvalue weighted by Crippen LogP contribution is 2.52. The van der Waals surface area contributed by atoms with E-state index in [0.717, 1.165) is 15.6 Å². The molecule has 25 heavy (non-hydrogen) atoms. The van der Waals surface area contributed by atoms with Gasteiger partial charge in [0.2, 0.25) is 0 Å². The number of benzene rings is 2. The van der Waals surface area contributed by atoms with Crippen molar-refractivity contribution in [2.24, 2.45) is 0 Å². The van der Waals surface area contributed by atoms with Gasteiger partial charge in [-0.2, -0.15) is 13.2 Å². The molecule has 0 saturated carbocycles. The molecule has 0 fully saturated rings. The number of alkyl halides is 3. The van der Waals surface area contributed by atoms with E-state index in [2.05, 4.69) is 15.9 Å². The number of halogens is 5. The van der Waals surface area contributed by atoms with Crippen LogP contribution in [0, 0.1) is 0 Å². The van der Waals surface area contributed by atoms with Crippen molar-refractivity contribution in [3.63, 3.8) is 0 Å². The lowest BCUT2D eigenvalue weighted by atomic mass is 10.0. The van der Waals surface area contributed by atoms with Crippen LogP contribution in [0.1, 0.15) is 11.1 Å². The van der Waals surface area contributed by atoms with Crippen LogP contribution in [0.3, 0.4) is 0 Å². The van der Waals surface area contributed by atoms with Crippen LogP contribution in [-0.2, 0) is 4.08 Å². The minimum Gasteiger partial charge on any atom is -0.484 e. The Morgan fingerprint density at radius 1 is 1.04 bits per heavy atom. The van der Waals surface area contributed by atoms with Crippen LogP contribution in [-0.4, -0.2) is 25.3 Å². The summed E-state index contributed by atoms with van der Waals surface area (Å²) in [5.41, 5.74) is 1.85. The molecule has 0 aliphatic carbocycles. The highest BCUT2D eigenvalue weighted by molar-refractivity contribution is 9.10. The summed E-state index contributed by atoms with van der Waals surface area (Å²) >= 11 is 13.1. The van der Waals surface area contributed by atoms with Gasteiger partial charge in [-0.3, -0.25) is 0 Å². The lowest BCUT2D eigenvalue weighted by Gasteiger charge is -2.32. The summed E-state index contributed by atoms with van der Waals surface area (Å²) in [4.78, 5) is 0. The summed E-state index contributed by atoms with van der Waals surface area (Å²) in [6, 6.07) is 12.3. The van der Waals surface area contributed by atoms with Gasteiger partial charge in [0, 0.05) is 15.1 Å². The molecule has 0 unspecified atom stereocenters. The van der Waals surface area contributed by atoms with Crippen LogP contribution in [0.25, 0.3) is 0 Å². The Morgan fingerprint density at radius 2 is 1.64 bits per heavy atom. The molecule has 0 aromatic heterocycles. The van der Waals surface area contributed by atoms with Gasteiger partial charge in [-0.25, -0.2) is 0 Å². The van der Waals surface area contributed by atoms with Gasteiger partial charge in [-0.15, -0.1) is 23.5 Å². The van der Waals surface area contributed by atoms with E-state index in [1.54, 1.807) is 47.8 Å². The van der Waals surface area contributed by atoms with Gasteiger partial charge < -0.3 is 4.74 Å². The maximum absolute atomic E-state index is 12.3. The van der Waals surface area contributed by atoms with Crippen LogP contribution in [0.2, 0.25) is 5.02 Å². The predicted octanol–water partition coefficient (Wildman–Crippen LogP) is 6.97. The Balaban J connectivity index is 2.39. The Kier molecular flexibility index (Phi) is 7.04. The molecule has 2 aromatic carbocycles. The van der Waals surface area contributed by atoms with Gasteiger partial charge >= 0.3 is 6.18 Å². The van der Waals surface area contributed by atoms with Crippen molar-refractivity contribution in [2.75, 3.05) is 19.1 Å². The van der Waals surface area contributed by atoms with Gasteiger partial charge in [-0.05, 0) is 48.4 Å². The van der Waals surface area contributed by atoms with Crippen molar-refractivity contribution in [3.8, 4) is 5.75 Å². The number of ether oxygens (including phenoxy) is 1. The highest BCUT2D eigenvalue weighted by Gasteiger charge is 2.35. The quantitative estimate of drug-likeness (QED) is 0.421. The van der Waals surface area contributed by atoms with Crippen molar-refractivity contribution in [1.29, 1.82) is 0 Å². The standard InChI is InChI=1S/C17H15BrClF3OS2/c1-24-17(25-2,14-9-12(18)5-8-15(14)19)11-3-6-13(7-4-11)23-10-16(20,21)22/h3-9H,10H2,1-2H3. The second kappa shape index (κ2) is 8.46. The smallest absolute Gasteiger partial charge is 0.422 e. The van der Waals surface area contributed by atoms with Gasteiger partial charge in [0.05, 0.1) is 0 Å². The largest absolute Gasteiger partial charge is 0.484 e. The van der Waals surface area contributed by atoms with E-state index >= 15 is 0 Å². The molecule has 136 valence electrons. The van der Waals surface area contributed by atoms with E-state index in [0.29, 0.717) is 5.02 Å². The van der Waals surface area contributed by atoms with Crippen molar-refractivity contribution in [3.05, 3.63) is 63.1 Å². The summed E-state index contributed by atoms with van der Waals surface area (Å²) in [6.07, 6.45) is -0.408. The van der Waals surface area contributed by atoms with Crippen molar-refractivity contribution >= 4 is 51.1 Å². The number of thioether (sulfide) groups is 2. The molecule has 0 N–H and O–H groups in total. The second-order valence-corrected chi connectivity index (χ2v) is 8.70. The Bertz CT molecular complexity index is 719. The fourth-order valence-corrected chi connectivity index (χ4v) is 5.30. The molecule has 2 aromatic rings. The van der Waals surface area contributed by atoms with E-state index in [1.807, 2.05) is 30.7 Å². The molecular weight excluding hydrogens is 457 g/mol. The number of hydrogen-bond donors (Lipinski definition) is 0. The Labute approximate surface area is 166 Å². The third-order valence-corrected chi connectivity index (χ3v) is 7.38. The van der Waals surface area contributed by atoms with E-state index in [-0.39, 0.29) is 5.75 Å². The molecular formula is C17H15BrClF3OS2. The fourth-order valence-electron chi connectivity index (χ4n) is 2.38. The zero-order valence-electron chi connectivity index (χ0n) is 13.4. The third kappa shape index (κ3) is 5.02. The molecule has 0 spiro atoms. The summed E-state index contributed by atoms with van der Waals surface area (Å²) in [7, 11) is 0. The van der Waals surface area contributed by atoms with Crippen LogP contribution >= 0.6 is 51.1 Å². The van der Waals surface area contributed by atoms with E-state index < -0.39 is 16.9 Å². The summed E-state index contributed by atoms with van der Waals surface area (Å²) in [6.45, 7) is -1.31. The minimum absolute atomic E-state index is 0.178.